The smallest absolute Gasteiger partial charge is 1.00 e. The molecule has 0 fully saturated rings. The Balaban J connectivity index is 0. The zero-order chi connectivity index (χ0) is 12.6. The van der Waals surface area contributed by atoms with Gasteiger partial charge in [-0.15, -0.1) is 0 Å². The molecule has 0 spiro atoms. The Labute approximate surface area is 127 Å². The minimum atomic E-state index is -1.81. The molecule has 0 atom stereocenters. The molecule has 6 nitrogen and oxygen atoms in total. The number of rotatable bonds is 2. The summed E-state index contributed by atoms with van der Waals surface area (Å²) in [4.78, 5) is 21.2. The van der Waals surface area contributed by atoms with Gasteiger partial charge in [0.05, 0.1) is 0 Å². The topological polar surface area (TPSA) is 104 Å². The Morgan fingerprint density at radius 1 is 1.35 bits per heavy atom. The van der Waals surface area contributed by atoms with Crippen molar-refractivity contribution in [3.8, 4) is 5.75 Å². The van der Waals surface area contributed by atoms with Crippen molar-refractivity contribution in [2.24, 2.45) is 0 Å². The largest absolute Gasteiger partial charge is 1.00 e. The Morgan fingerprint density at radius 2 is 1.82 bits per heavy atom. The van der Waals surface area contributed by atoms with Gasteiger partial charge in [-0.1, -0.05) is 12.1 Å². The maximum atomic E-state index is 10.6. The SMILES string of the molecule is CC(=O)Oc1ccccc1C(=O)O.O=[As][O-].[Na+]. The van der Waals surface area contributed by atoms with Crippen LogP contribution in [0.4, 0.5) is 0 Å². The molecule has 0 saturated carbocycles. The van der Waals surface area contributed by atoms with Gasteiger partial charge < -0.3 is 9.84 Å². The van der Waals surface area contributed by atoms with Crippen LogP contribution >= 0.6 is 0 Å². The molecule has 0 aliphatic carbocycles. The molecular weight excluding hydrogens is 302 g/mol. The van der Waals surface area contributed by atoms with Gasteiger partial charge in [-0.3, -0.25) is 4.79 Å². The summed E-state index contributed by atoms with van der Waals surface area (Å²) in [5.41, 5.74) is -0.0160. The first-order chi connectivity index (χ1) is 7.52. The van der Waals surface area contributed by atoms with Crippen molar-refractivity contribution in [3.63, 3.8) is 0 Å². The summed E-state index contributed by atoms with van der Waals surface area (Å²) in [5, 5.41) is 8.69. The number of esters is 1. The summed E-state index contributed by atoms with van der Waals surface area (Å²) < 4.78 is 21.6. The van der Waals surface area contributed by atoms with Crippen LogP contribution in [0.1, 0.15) is 17.3 Å². The maximum absolute atomic E-state index is 10.6. The van der Waals surface area contributed by atoms with Crippen LogP contribution in [-0.4, -0.2) is 33.1 Å². The van der Waals surface area contributed by atoms with Crippen molar-refractivity contribution >= 4 is 28.0 Å². The van der Waals surface area contributed by atoms with Gasteiger partial charge in [-0.2, -0.15) is 0 Å². The van der Waals surface area contributed by atoms with E-state index in [2.05, 4.69) is 4.74 Å². The van der Waals surface area contributed by atoms with E-state index in [-0.39, 0.29) is 40.9 Å². The minimum Gasteiger partial charge on any atom is 1.00 e. The molecule has 1 aromatic carbocycles. The van der Waals surface area contributed by atoms with Gasteiger partial charge in [0.1, 0.15) is 11.3 Å². The third-order valence-corrected chi connectivity index (χ3v) is 1.37. The van der Waals surface area contributed by atoms with E-state index in [1.807, 2.05) is 0 Å². The zero-order valence-corrected chi connectivity index (χ0v) is 13.1. The molecule has 86 valence electrons. The van der Waals surface area contributed by atoms with E-state index in [4.69, 9.17) is 12.9 Å². The second-order valence-corrected chi connectivity index (χ2v) is 2.78. The molecule has 0 heterocycles. The van der Waals surface area contributed by atoms with Crippen LogP contribution in [0.15, 0.2) is 24.3 Å². The molecule has 0 amide bonds. The Morgan fingerprint density at radius 3 is 2.24 bits per heavy atom. The molecular formula is C9H8AsNaO6. The summed E-state index contributed by atoms with van der Waals surface area (Å²) in [6.07, 6.45) is 0. The Hall–Kier alpha value is -0.522. The molecule has 0 bridgehead atoms. The van der Waals surface area contributed by atoms with Crippen molar-refractivity contribution in [1.29, 1.82) is 0 Å². The molecule has 17 heavy (non-hydrogen) atoms. The maximum Gasteiger partial charge on any atom is 1.00 e. The van der Waals surface area contributed by atoms with E-state index in [9.17, 15) is 9.59 Å². The fourth-order valence-corrected chi connectivity index (χ4v) is 0.887. The van der Waals surface area contributed by atoms with E-state index in [1.165, 1.54) is 19.1 Å². The first-order valence-electron chi connectivity index (χ1n) is 3.98. The van der Waals surface area contributed by atoms with Gasteiger partial charge in [0, 0.05) is 6.92 Å². The van der Waals surface area contributed by atoms with Crippen LogP contribution in [0.2, 0.25) is 0 Å². The molecule has 0 aromatic heterocycles. The molecule has 1 N–H and O–H groups in total. The third-order valence-electron chi connectivity index (χ3n) is 1.37. The molecule has 0 aliphatic heterocycles. The first-order valence-corrected chi connectivity index (χ1v) is 5.51. The van der Waals surface area contributed by atoms with Gasteiger partial charge in [-0.05, 0) is 12.1 Å². The predicted octanol–water partition coefficient (Wildman–Crippen LogP) is -3.37. The third kappa shape index (κ3) is 8.24. The number of ether oxygens (including phenoxy) is 1. The summed E-state index contributed by atoms with van der Waals surface area (Å²) in [6, 6.07) is 5.98. The molecule has 0 saturated heterocycles. The van der Waals surface area contributed by atoms with Gasteiger partial charge >= 0.3 is 65.4 Å². The van der Waals surface area contributed by atoms with Crippen LogP contribution in [-0.2, 0) is 8.53 Å². The van der Waals surface area contributed by atoms with E-state index in [0.29, 0.717) is 0 Å². The monoisotopic (exact) mass is 310 g/mol. The van der Waals surface area contributed by atoms with Crippen molar-refractivity contribution < 1.29 is 56.8 Å². The van der Waals surface area contributed by atoms with Crippen LogP contribution in [0.5, 0.6) is 5.75 Å². The molecule has 1 aromatic rings. The fraction of sp³-hybridized carbons (Fsp3) is 0.111. The number of para-hydroxylation sites is 1. The van der Waals surface area contributed by atoms with Gasteiger partial charge in [0.2, 0.25) is 0 Å². The molecule has 8 heteroatoms. The van der Waals surface area contributed by atoms with Crippen LogP contribution in [0.3, 0.4) is 0 Å². The van der Waals surface area contributed by atoms with Crippen LogP contribution < -0.4 is 38.4 Å². The number of carboxylic acid groups (broad SMARTS) is 1. The standard InChI is InChI=1S/C9H8O4.AsHO2.Na/c1-6(10)13-8-5-3-2-4-7(8)9(11)12;2-1-3;/h2-5H,1H3,(H,11,12);(H,2,3);/q;;+1/p-1. The van der Waals surface area contributed by atoms with Crippen molar-refractivity contribution in [1.82, 2.24) is 0 Å². The Bertz CT molecular complexity index is 395. The number of benzene rings is 1. The molecule has 1 rings (SSSR count). The summed E-state index contributed by atoms with van der Waals surface area (Å²) in [6.45, 7) is 1.22. The van der Waals surface area contributed by atoms with Crippen molar-refractivity contribution in [3.05, 3.63) is 29.8 Å². The molecule has 0 unspecified atom stereocenters. The normalized spacial score (nSPS) is 8.35. The van der Waals surface area contributed by atoms with Gasteiger partial charge in [0.25, 0.3) is 0 Å². The van der Waals surface area contributed by atoms with Crippen molar-refractivity contribution in [2.45, 2.75) is 6.92 Å². The zero-order valence-electron chi connectivity index (χ0n) is 9.25. The molecule has 0 aliphatic rings. The number of carboxylic acids is 1. The Kier molecular flexibility index (Phi) is 11.8. The van der Waals surface area contributed by atoms with Gasteiger partial charge in [-0.25, -0.2) is 4.79 Å². The van der Waals surface area contributed by atoms with E-state index >= 15 is 0 Å². The van der Waals surface area contributed by atoms with Crippen molar-refractivity contribution in [2.75, 3.05) is 0 Å². The quantitative estimate of drug-likeness (QED) is 0.347. The van der Waals surface area contributed by atoms with E-state index in [0.717, 1.165) is 0 Å². The molecule has 0 radical (unpaired) electrons. The minimum absolute atomic E-state index is 0. The number of carbonyl (C=O) groups excluding carboxylic acids is 1. The number of hydrogen-bond donors (Lipinski definition) is 1. The van der Waals surface area contributed by atoms with Crippen LogP contribution in [0, 0.1) is 0 Å². The number of carbonyl (C=O) groups is 2. The number of aromatic carboxylic acids is 1. The van der Waals surface area contributed by atoms with E-state index < -0.39 is 28.0 Å². The first kappa shape index (κ1) is 18.8. The summed E-state index contributed by atoms with van der Waals surface area (Å²) >= 11 is -1.81. The summed E-state index contributed by atoms with van der Waals surface area (Å²) in [5.74, 6) is -1.58. The van der Waals surface area contributed by atoms with Crippen LogP contribution in [0.25, 0.3) is 0 Å². The van der Waals surface area contributed by atoms with E-state index in [1.54, 1.807) is 12.1 Å². The number of hydrogen-bond acceptors (Lipinski definition) is 5. The fourth-order valence-electron chi connectivity index (χ4n) is 0.887. The second kappa shape index (κ2) is 10.6. The predicted molar refractivity (Wildman–Crippen MR) is 51.2 cm³/mol. The van der Waals surface area contributed by atoms with Gasteiger partial charge in [0.15, 0.2) is 0 Å². The average molecular weight is 310 g/mol. The summed E-state index contributed by atoms with van der Waals surface area (Å²) in [7, 11) is 0. The second-order valence-electron chi connectivity index (χ2n) is 2.47. The average Bonchev–Trinajstić information content (AvgIpc) is 2.18.